The monoisotopic (exact) mass is 348 g/mol. The van der Waals surface area contributed by atoms with E-state index in [-0.39, 0.29) is 11.2 Å². The summed E-state index contributed by atoms with van der Waals surface area (Å²) in [6.07, 6.45) is 5.07. The fourth-order valence-corrected chi connectivity index (χ4v) is 4.40. The summed E-state index contributed by atoms with van der Waals surface area (Å²) in [6.45, 7) is 2.56. The summed E-state index contributed by atoms with van der Waals surface area (Å²) in [5.41, 5.74) is 3.08. The van der Waals surface area contributed by atoms with Gasteiger partial charge in [0.05, 0.1) is 10.9 Å². The van der Waals surface area contributed by atoms with Crippen LogP contribution in [0.3, 0.4) is 0 Å². The van der Waals surface area contributed by atoms with Gasteiger partial charge < -0.3 is 15.2 Å². The zero-order valence-electron chi connectivity index (χ0n) is 14.1. The number of nitriles is 1. The maximum absolute atomic E-state index is 14.0. The van der Waals surface area contributed by atoms with Crippen molar-refractivity contribution in [2.45, 2.75) is 18.3 Å². The van der Waals surface area contributed by atoms with Gasteiger partial charge in [-0.05, 0) is 49.7 Å². The van der Waals surface area contributed by atoms with Crippen LogP contribution >= 0.6 is 0 Å². The van der Waals surface area contributed by atoms with Crippen LogP contribution in [0.5, 0.6) is 0 Å². The van der Waals surface area contributed by atoms with Gasteiger partial charge in [0, 0.05) is 23.8 Å². The number of nitrogens with one attached hydrogen (secondary N) is 2. The van der Waals surface area contributed by atoms with Crippen molar-refractivity contribution in [3.05, 3.63) is 47.7 Å². The van der Waals surface area contributed by atoms with Crippen LogP contribution in [0.25, 0.3) is 11.0 Å². The molecular formula is C19H17FN6. The number of piperidine rings is 1. The van der Waals surface area contributed by atoms with E-state index in [1.807, 2.05) is 6.07 Å². The highest BCUT2D eigenvalue weighted by Gasteiger charge is 2.44. The van der Waals surface area contributed by atoms with Gasteiger partial charge in [0.25, 0.3) is 0 Å². The molecule has 0 unspecified atom stereocenters. The molecule has 130 valence electrons. The smallest absolute Gasteiger partial charge is 0.147 e. The van der Waals surface area contributed by atoms with Crippen molar-refractivity contribution >= 4 is 22.5 Å². The van der Waals surface area contributed by atoms with E-state index in [1.54, 1.807) is 12.3 Å². The summed E-state index contributed by atoms with van der Waals surface area (Å²) in [5.74, 6) is 0.492. The Hall–Kier alpha value is -2.98. The molecule has 1 spiro atoms. The van der Waals surface area contributed by atoms with Gasteiger partial charge in [0.1, 0.15) is 29.7 Å². The molecule has 0 bridgehead atoms. The number of aromatic amines is 1. The Kier molecular flexibility index (Phi) is 3.24. The summed E-state index contributed by atoms with van der Waals surface area (Å²) in [5, 5.41) is 13.6. The largest absolute Gasteiger partial charge is 0.345 e. The van der Waals surface area contributed by atoms with E-state index >= 15 is 0 Å². The lowest BCUT2D eigenvalue weighted by Crippen LogP contribution is -2.42. The molecule has 5 rings (SSSR count). The number of fused-ring (bicyclic) bond motifs is 3. The molecule has 2 aliphatic rings. The first-order valence-electron chi connectivity index (χ1n) is 8.72. The van der Waals surface area contributed by atoms with Crippen LogP contribution in [0.1, 0.15) is 24.0 Å². The second-order valence-electron chi connectivity index (χ2n) is 7.01. The summed E-state index contributed by atoms with van der Waals surface area (Å²) in [6, 6.07) is 7.20. The highest BCUT2D eigenvalue weighted by atomic mass is 19.1. The van der Waals surface area contributed by atoms with Crippen LogP contribution in [0.4, 0.5) is 15.9 Å². The molecule has 6 nitrogen and oxygen atoms in total. The molecule has 7 heteroatoms. The third-order valence-electron chi connectivity index (χ3n) is 5.67. The lowest BCUT2D eigenvalue weighted by atomic mass is 9.75. The lowest BCUT2D eigenvalue weighted by molar-refractivity contribution is 0.328. The Morgan fingerprint density at radius 1 is 1.23 bits per heavy atom. The highest BCUT2D eigenvalue weighted by molar-refractivity contribution is 5.95. The molecule has 0 radical (unpaired) electrons. The molecular weight excluding hydrogens is 331 g/mol. The fraction of sp³-hybridized carbons (Fsp3) is 0.316. The van der Waals surface area contributed by atoms with Crippen LogP contribution in [-0.4, -0.2) is 34.6 Å². The second kappa shape index (κ2) is 5.51. The third kappa shape index (κ3) is 2.06. The number of rotatable bonds is 1. The molecule has 3 aromatic rings. The number of aromatic nitrogens is 3. The zero-order chi connectivity index (χ0) is 17.7. The van der Waals surface area contributed by atoms with Crippen LogP contribution < -0.4 is 10.2 Å². The number of halogens is 1. The van der Waals surface area contributed by atoms with Gasteiger partial charge in [0.15, 0.2) is 0 Å². The van der Waals surface area contributed by atoms with E-state index in [0.717, 1.165) is 49.1 Å². The SMILES string of the molecule is N#Cc1c[nH]c2ncnc(N3CC4(CCNCC4)c4cc(F)ccc43)c12. The molecule has 4 heterocycles. The minimum atomic E-state index is -0.212. The van der Waals surface area contributed by atoms with Crippen LogP contribution in [-0.2, 0) is 5.41 Å². The molecule has 2 aliphatic heterocycles. The van der Waals surface area contributed by atoms with Crippen molar-refractivity contribution in [1.29, 1.82) is 5.26 Å². The first-order valence-corrected chi connectivity index (χ1v) is 8.72. The van der Waals surface area contributed by atoms with Crippen LogP contribution in [0.15, 0.2) is 30.7 Å². The predicted octanol–water partition coefficient (Wildman–Crippen LogP) is 2.74. The molecule has 2 N–H and O–H groups in total. The molecule has 0 aliphatic carbocycles. The Labute approximate surface area is 149 Å². The molecule has 0 saturated carbocycles. The number of nitrogens with zero attached hydrogens (tertiary/aromatic N) is 4. The fourth-order valence-electron chi connectivity index (χ4n) is 4.40. The van der Waals surface area contributed by atoms with E-state index in [2.05, 4.69) is 31.2 Å². The van der Waals surface area contributed by atoms with E-state index in [4.69, 9.17) is 0 Å². The molecule has 2 aromatic heterocycles. The average molecular weight is 348 g/mol. The van der Waals surface area contributed by atoms with Gasteiger partial charge in [-0.3, -0.25) is 0 Å². The summed E-state index contributed by atoms with van der Waals surface area (Å²) in [4.78, 5) is 13.9. The van der Waals surface area contributed by atoms with Gasteiger partial charge in [0.2, 0.25) is 0 Å². The zero-order valence-corrected chi connectivity index (χ0v) is 14.1. The first-order chi connectivity index (χ1) is 12.7. The number of anilines is 2. The molecule has 0 amide bonds. The highest BCUT2D eigenvalue weighted by Crippen LogP contribution is 2.49. The minimum absolute atomic E-state index is 0.0942. The third-order valence-corrected chi connectivity index (χ3v) is 5.67. The van der Waals surface area contributed by atoms with Crippen molar-refractivity contribution < 1.29 is 4.39 Å². The van der Waals surface area contributed by atoms with Crippen molar-refractivity contribution in [2.24, 2.45) is 0 Å². The van der Waals surface area contributed by atoms with Crippen molar-refractivity contribution in [2.75, 3.05) is 24.5 Å². The Balaban J connectivity index is 1.73. The number of hydrogen-bond acceptors (Lipinski definition) is 5. The number of hydrogen-bond donors (Lipinski definition) is 2. The van der Waals surface area contributed by atoms with Gasteiger partial charge in [-0.1, -0.05) is 0 Å². The quantitative estimate of drug-likeness (QED) is 0.707. The van der Waals surface area contributed by atoms with E-state index < -0.39 is 0 Å². The Morgan fingerprint density at radius 3 is 2.88 bits per heavy atom. The van der Waals surface area contributed by atoms with E-state index in [9.17, 15) is 9.65 Å². The number of H-pyrrole nitrogens is 1. The predicted molar refractivity (Wildman–Crippen MR) is 95.8 cm³/mol. The van der Waals surface area contributed by atoms with E-state index in [1.165, 1.54) is 12.4 Å². The molecule has 1 aromatic carbocycles. The minimum Gasteiger partial charge on any atom is -0.345 e. The summed E-state index contributed by atoms with van der Waals surface area (Å²) < 4.78 is 14.0. The standard InChI is InChI=1S/C19H17FN6/c20-13-1-2-15-14(7-13)19(3-5-22-6-4-19)10-26(15)18-16-12(8-21)9-23-17(16)24-11-25-18/h1-2,7,9,11,22H,3-6,10H2,(H,23,24,25). The number of benzene rings is 1. The van der Waals surface area contributed by atoms with Gasteiger partial charge in [-0.2, -0.15) is 5.26 Å². The van der Waals surface area contributed by atoms with Crippen LogP contribution in [0.2, 0.25) is 0 Å². The molecule has 1 saturated heterocycles. The van der Waals surface area contributed by atoms with Gasteiger partial charge in [-0.25, -0.2) is 14.4 Å². The topological polar surface area (TPSA) is 80.6 Å². The molecule has 26 heavy (non-hydrogen) atoms. The Morgan fingerprint density at radius 2 is 2.08 bits per heavy atom. The van der Waals surface area contributed by atoms with Crippen molar-refractivity contribution in [3.63, 3.8) is 0 Å². The van der Waals surface area contributed by atoms with Crippen LogP contribution in [0, 0.1) is 17.1 Å². The van der Waals surface area contributed by atoms with Gasteiger partial charge >= 0.3 is 0 Å². The molecule has 0 atom stereocenters. The Bertz CT molecular complexity index is 1040. The summed E-state index contributed by atoms with van der Waals surface area (Å²) >= 11 is 0. The maximum Gasteiger partial charge on any atom is 0.147 e. The van der Waals surface area contributed by atoms with Crippen molar-refractivity contribution in [3.8, 4) is 6.07 Å². The average Bonchev–Trinajstić information content (AvgIpc) is 3.22. The maximum atomic E-state index is 14.0. The van der Waals surface area contributed by atoms with Gasteiger partial charge in [-0.15, -0.1) is 0 Å². The van der Waals surface area contributed by atoms with E-state index in [0.29, 0.717) is 17.0 Å². The first kappa shape index (κ1) is 15.3. The second-order valence-corrected chi connectivity index (χ2v) is 7.01. The normalized spacial score (nSPS) is 18.2. The molecule has 1 fully saturated rings. The van der Waals surface area contributed by atoms with Crippen molar-refractivity contribution in [1.82, 2.24) is 20.3 Å². The lowest BCUT2D eigenvalue weighted by Gasteiger charge is -2.34. The summed E-state index contributed by atoms with van der Waals surface area (Å²) in [7, 11) is 0.